The van der Waals surface area contributed by atoms with Crippen LogP contribution in [0.1, 0.15) is 11.1 Å². The van der Waals surface area contributed by atoms with Crippen molar-refractivity contribution in [3.05, 3.63) is 90.0 Å². The smallest absolute Gasteiger partial charge is 0.222 e. The van der Waals surface area contributed by atoms with Crippen LogP contribution in [0, 0.1) is 11.3 Å². The van der Waals surface area contributed by atoms with Gasteiger partial charge in [0.1, 0.15) is 54.5 Å². The first-order chi connectivity index (χ1) is 16.6. The quantitative estimate of drug-likeness (QED) is 0.360. The number of nitriles is 1. The predicted octanol–water partition coefficient (Wildman–Crippen LogP) is 4.22. The third kappa shape index (κ3) is 5.72. The second kappa shape index (κ2) is 10.7. The van der Waals surface area contributed by atoms with E-state index in [4.69, 9.17) is 25.7 Å². The molecule has 0 saturated carbocycles. The van der Waals surface area contributed by atoms with Gasteiger partial charge in [-0.05, 0) is 54.1 Å². The molecule has 4 aromatic rings. The van der Waals surface area contributed by atoms with Gasteiger partial charge in [0.25, 0.3) is 0 Å². The van der Waals surface area contributed by atoms with Crippen molar-refractivity contribution in [2.75, 3.05) is 24.7 Å². The Labute approximate surface area is 197 Å². The zero-order valence-electron chi connectivity index (χ0n) is 18.3. The Balaban J connectivity index is 1.25. The van der Waals surface area contributed by atoms with E-state index in [0.29, 0.717) is 36.8 Å². The molecule has 0 unspecified atom stereocenters. The lowest BCUT2D eigenvalue weighted by Crippen LogP contribution is -2.09. The van der Waals surface area contributed by atoms with Gasteiger partial charge in [0.05, 0.1) is 5.69 Å². The van der Waals surface area contributed by atoms with E-state index in [-0.39, 0.29) is 17.3 Å². The number of nitrogen functional groups attached to an aromatic ring is 2. The minimum atomic E-state index is 0.0137. The standard InChI is InChI=1S/C26H23N5O3/c27-16-23-24(30-26(29)31-25(23)28)19-6-8-20(9-7-19)32-14-15-33-21-10-12-22(13-11-21)34-17-18-4-2-1-3-5-18/h1-13H,14-15,17H2,(H4,28,29,30,31). The lowest BCUT2D eigenvalue weighted by molar-refractivity contribution is 0.217. The van der Waals surface area contributed by atoms with Crippen LogP contribution in [0.5, 0.6) is 17.2 Å². The average molecular weight is 454 g/mol. The van der Waals surface area contributed by atoms with Crippen molar-refractivity contribution in [1.29, 1.82) is 5.26 Å². The molecule has 0 aliphatic heterocycles. The molecule has 4 rings (SSSR count). The van der Waals surface area contributed by atoms with Gasteiger partial charge in [-0.2, -0.15) is 10.2 Å². The van der Waals surface area contributed by atoms with Crippen molar-refractivity contribution < 1.29 is 14.2 Å². The maximum atomic E-state index is 9.34. The van der Waals surface area contributed by atoms with Crippen LogP contribution in [-0.2, 0) is 6.61 Å². The molecule has 0 radical (unpaired) electrons. The Kier molecular flexibility index (Phi) is 7.06. The van der Waals surface area contributed by atoms with Crippen molar-refractivity contribution in [2.24, 2.45) is 0 Å². The Morgan fingerprint density at radius 3 is 1.85 bits per heavy atom. The highest BCUT2D eigenvalue weighted by atomic mass is 16.5. The van der Waals surface area contributed by atoms with E-state index in [9.17, 15) is 5.26 Å². The summed E-state index contributed by atoms with van der Waals surface area (Å²) in [5.74, 6) is 2.23. The van der Waals surface area contributed by atoms with E-state index in [2.05, 4.69) is 9.97 Å². The van der Waals surface area contributed by atoms with Gasteiger partial charge < -0.3 is 25.7 Å². The highest BCUT2D eigenvalue weighted by Crippen LogP contribution is 2.27. The molecule has 0 spiro atoms. The molecule has 34 heavy (non-hydrogen) atoms. The van der Waals surface area contributed by atoms with Gasteiger partial charge in [0.2, 0.25) is 5.95 Å². The van der Waals surface area contributed by atoms with E-state index in [1.807, 2.05) is 60.7 Å². The zero-order valence-corrected chi connectivity index (χ0v) is 18.3. The number of ether oxygens (including phenoxy) is 3. The van der Waals surface area contributed by atoms with E-state index in [1.54, 1.807) is 24.3 Å². The first-order valence-corrected chi connectivity index (χ1v) is 10.6. The van der Waals surface area contributed by atoms with E-state index in [1.165, 1.54) is 0 Å². The molecule has 0 aliphatic carbocycles. The molecule has 3 aromatic carbocycles. The fourth-order valence-corrected chi connectivity index (χ4v) is 3.22. The number of anilines is 2. The van der Waals surface area contributed by atoms with Gasteiger partial charge >= 0.3 is 0 Å². The summed E-state index contributed by atoms with van der Waals surface area (Å²) >= 11 is 0. The van der Waals surface area contributed by atoms with Crippen molar-refractivity contribution in [1.82, 2.24) is 9.97 Å². The van der Waals surface area contributed by atoms with Gasteiger partial charge in [-0.1, -0.05) is 30.3 Å². The summed E-state index contributed by atoms with van der Waals surface area (Å²) in [5.41, 5.74) is 13.8. The Morgan fingerprint density at radius 2 is 1.26 bits per heavy atom. The average Bonchev–Trinajstić information content (AvgIpc) is 2.87. The van der Waals surface area contributed by atoms with Crippen LogP contribution < -0.4 is 25.7 Å². The first kappa shape index (κ1) is 22.4. The summed E-state index contributed by atoms with van der Waals surface area (Å²) in [6.45, 7) is 1.26. The van der Waals surface area contributed by atoms with Gasteiger partial charge in [-0.3, -0.25) is 0 Å². The molecule has 1 heterocycles. The lowest BCUT2D eigenvalue weighted by atomic mass is 10.1. The summed E-state index contributed by atoms with van der Waals surface area (Å²) in [6, 6.07) is 26.6. The third-order valence-electron chi connectivity index (χ3n) is 4.89. The highest BCUT2D eigenvalue weighted by molar-refractivity contribution is 5.73. The third-order valence-corrected chi connectivity index (χ3v) is 4.89. The van der Waals surface area contributed by atoms with Crippen LogP contribution in [0.3, 0.4) is 0 Å². The monoisotopic (exact) mass is 453 g/mol. The molecule has 0 bridgehead atoms. The molecule has 8 nitrogen and oxygen atoms in total. The second-order valence-corrected chi connectivity index (χ2v) is 7.27. The summed E-state index contributed by atoms with van der Waals surface area (Å²) in [4.78, 5) is 7.97. The summed E-state index contributed by atoms with van der Waals surface area (Å²) in [5, 5.41) is 9.34. The maximum absolute atomic E-state index is 9.34. The molecule has 0 saturated heterocycles. The fourth-order valence-electron chi connectivity index (χ4n) is 3.22. The second-order valence-electron chi connectivity index (χ2n) is 7.27. The molecule has 0 amide bonds. The molecule has 0 fully saturated rings. The van der Waals surface area contributed by atoms with E-state index < -0.39 is 0 Å². The number of hydrogen-bond donors (Lipinski definition) is 2. The predicted molar refractivity (Wildman–Crippen MR) is 129 cm³/mol. The topological polar surface area (TPSA) is 129 Å². The largest absolute Gasteiger partial charge is 0.490 e. The first-order valence-electron chi connectivity index (χ1n) is 10.6. The maximum Gasteiger partial charge on any atom is 0.222 e. The Hall–Kier alpha value is -4.77. The van der Waals surface area contributed by atoms with Crippen molar-refractivity contribution >= 4 is 11.8 Å². The van der Waals surface area contributed by atoms with Gasteiger partial charge in [-0.15, -0.1) is 0 Å². The molecular formula is C26H23N5O3. The molecule has 0 aliphatic rings. The molecule has 4 N–H and O–H groups in total. The fraction of sp³-hybridized carbons (Fsp3) is 0.115. The molecule has 1 aromatic heterocycles. The summed E-state index contributed by atoms with van der Waals surface area (Å²) in [6.07, 6.45) is 0. The SMILES string of the molecule is N#Cc1c(N)nc(N)nc1-c1ccc(OCCOc2ccc(OCc3ccccc3)cc2)cc1. The minimum Gasteiger partial charge on any atom is -0.490 e. The number of nitrogens with two attached hydrogens (primary N) is 2. The summed E-state index contributed by atoms with van der Waals surface area (Å²) in [7, 11) is 0. The van der Waals surface area contributed by atoms with E-state index in [0.717, 1.165) is 17.1 Å². The van der Waals surface area contributed by atoms with Crippen molar-refractivity contribution in [3.8, 4) is 34.6 Å². The molecule has 0 atom stereocenters. The molecule has 170 valence electrons. The lowest BCUT2D eigenvalue weighted by Gasteiger charge is -2.11. The minimum absolute atomic E-state index is 0.0137. The normalized spacial score (nSPS) is 10.3. The Bertz CT molecular complexity index is 1270. The van der Waals surface area contributed by atoms with Crippen LogP contribution in [0.15, 0.2) is 78.9 Å². The van der Waals surface area contributed by atoms with Crippen LogP contribution in [-0.4, -0.2) is 23.2 Å². The van der Waals surface area contributed by atoms with Gasteiger partial charge in [-0.25, -0.2) is 4.98 Å². The van der Waals surface area contributed by atoms with Crippen LogP contribution in [0.2, 0.25) is 0 Å². The Morgan fingerprint density at radius 1 is 0.706 bits per heavy atom. The zero-order chi connectivity index (χ0) is 23.8. The van der Waals surface area contributed by atoms with Crippen LogP contribution in [0.4, 0.5) is 11.8 Å². The number of benzene rings is 3. The van der Waals surface area contributed by atoms with Crippen molar-refractivity contribution in [2.45, 2.75) is 6.61 Å². The molecule has 8 heteroatoms. The number of hydrogen-bond acceptors (Lipinski definition) is 8. The highest BCUT2D eigenvalue weighted by Gasteiger charge is 2.13. The number of rotatable bonds is 9. The van der Waals surface area contributed by atoms with Crippen LogP contribution in [0.25, 0.3) is 11.3 Å². The van der Waals surface area contributed by atoms with Crippen LogP contribution >= 0.6 is 0 Å². The number of nitrogens with zero attached hydrogens (tertiary/aromatic N) is 3. The van der Waals surface area contributed by atoms with Crippen molar-refractivity contribution in [3.63, 3.8) is 0 Å². The summed E-state index contributed by atoms with van der Waals surface area (Å²) < 4.78 is 17.3. The number of aromatic nitrogens is 2. The van der Waals surface area contributed by atoms with Gasteiger partial charge in [0.15, 0.2) is 0 Å². The molecular weight excluding hydrogens is 430 g/mol. The van der Waals surface area contributed by atoms with E-state index >= 15 is 0 Å². The van der Waals surface area contributed by atoms with Gasteiger partial charge in [0, 0.05) is 5.56 Å².